The summed E-state index contributed by atoms with van der Waals surface area (Å²) in [5.41, 5.74) is -9.43. The highest BCUT2D eigenvalue weighted by Gasteiger charge is 2.78. The van der Waals surface area contributed by atoms with E-state index in [4.69, 9.17) is 23.7 Å². The van der Waals surface area contributed by atoms with Gasteiger partial charge in [-0.15, -0.1) is 0 Å². The molecule has 6 aliphatic rings. The zero-order chi connectivity index (χ0) is 52.1. The monoisotopic (exact) mass is 999 g/mol. The molecule has 20 atom stereocenters. The lowest BCUT2D eigenvalue weighted by molar-refractivity contribution is -0.273. The van der Waals surface area contributed by atoms with Gasteiger partial charge in [0.15, 0.2) is 23.3 Å². The van der Waals surface area contributed by atoms with Crippen molar-refractivity contribution >= 4 is 17.7 Å². The van der Waals surface area contributed by atoms with E-state index in [2.05, 4.69) is 5.32 Å². The fourth-order valence-electron chi connectivity index (χ4n) is 13.3. The van der Waals surface area contributed by atoms with E-state index < -0.39 is 136 Å². The molecule has 70 heavy (non-hydrogen) atoms. The van der Waals surface area contributed by atoms with Gasteiger partial charge in [-0.3, -0.25) is 19.3 Å². The lowest BCUT2D eigenvalue weighted by Crippen LogP contribution is -2.72. The summed E-state index contributed by atoms with van der Waals surface area (Å²) in [5, 5.41) is 72.3. The van der Waals surface area contributed by atoms with Crippen LogP contribution in [0.15, 0.2) is 23.8 Å². The smallest absolute Gasteiger partial charge is 0.311 e. The maximum atomic E-state index is 18.0. The fraction of sp³-hybridized carbons (Fsp3) is 0.865. The number of methoxy groups -OCH3 is 1. The predicted molar refractivity (Wildman–Crippen MR) is 253 cm³/mol. The number of cyclic esters (lactones) is 1. The lowest BCUT2D eigenvalue weighted by Gasteiger charge is -2.63. The number of ketones is 1. The quantitative estimate of drug-likeness (QED) is 0.122. The molecule has 2 aliphatic heterocycles. The Kier molecular flexibility index (Phi) is 17.4. The van der Waals surface area contributed by atoms with E-state index in [0.29, 0.717) is 32.4 Å². The number of hydrogen-bond donors (Lipinski definition) is 7. The van der Waals surface area contributed by atoms with Gasteiger partial charge in [0.05, 0.1) is 54.2 Å². The normalized spacial score (nSPS) is 46.7. The predicted octanol–water partition coefficient (Wildman–Crippen LogP) is 3.78. The number of allylic oxidation sites excluding steroid dienone is 4. The van der Waals surface area contributed by atoms with Gasteiger partial charge in [0.1, 0.15) is 24.5 Å². The number of nitrogens with one attached hydrogen (secondary N) is 1. The maximum Gasteiger partial charge on any atom is 0.311 e. The first-order valence-corrected chi connectivity index (χ1v) is 25.7. The van der Waals surface area contributed by atoms with Crippen molar-refractivity contribution in [3.63, 3.8) is 0 Å². The number of nitrogens with zero attached hydrogens (tertiary/aromatic N) is 1. The van der Waals surface area contributed by atoms with E-state index in [-0.39, 0.29) is 63.2 Å². The van der Waals surface area contributed by atoms with Crippen LogP contribution in [0.3, 0.4) is 0 Å². The first-order valence-electron chi connectivity index (χ1n) is 25.7. The number of fused-ring (bicyclic) bond motifs is 5. The zero-order valence-electron chi connectivity index (χ0n) is 43.2. The van der Waals surface area contributed by atoms with Crippen LogP contribution in [-0.4, -0.2) is 176 Å². The van der Waals surface area contributed by atoms with Crippen molar-refractivity contribution in [2.45, 2.75) is 217 Å². The summed E-state index contributed by atoms with van der Waals surface area (Å²) < 4.78 is 64.6. The molecule has 5 fully saturated rings. The van der Waals surface area contributed by atoms with E-state index in [9.17, 15) is 45.0 Å². The Morgan fingerprint density at radius 3 is 2.29 bits per heavy atom. The molecular formula is C52H84F2N2O14. The Labute approximate surface area is 412 Å². The number of ether oxygens (including phenoxy) is 5. The second-order valence-electron chi connectivity index (χ2n) is 23.2. The molecule has 7 N–H and O–H groups in total. The molecule has 0 aromatic heterocycles. The molecule has 2 saturated heterocycles. The summed E-state index contributed by atoms with van der Waals surface area (Å²) in [4.78, 5) is 43.0. The molecule has 4 aliphatic carbocycles. The van der Waals surface area contributed by atoms with Crippen molar-refractivity contribution < 1.29 is 77.5 Å². The average molecular weight is 999 g/mol. The van der Waals surface area contributed by atoms with Crippen LogP contribution in [0.25, 0.3) is 0 Å². The molecule has 6 rings (SSSR count). The first-order chi connectivity index (χ1) is 32.5. The first kappa shape index (κ1) is 56.8. The number of amides is 1. The van der Waals surface area contributed by atoms with Gasteiger partial charge < -0.3 is 59.6 Å². The molecule has 2 heterocycles. The van der Waals surface area contributed by atoms with Gasteiger partial charge in [-0.1, -0.05) is 26.8 Å². The Bertz CT molecular complexity index is 1940. The van der Waals surface area contributed by atoms with Crippen molar-refractivity contribution in [1.29, 1.82) is 0 Å². The number of aliphatic hydroxyl groups excluding tert-OH is 6. The molecule has 18 heteroatoms. The highest BCUT2D eigenvalue weighted by atomic mass is 19.1. The number of alkyl halides is 2. The third-order valence-corrected chi connectivity index (χ3v) is 17.5. The summed E-state index contributed by atoms with van der Waals surface area (Å²) in [5.74, 6) is -4.99. The van der Waals surface area contributed by atoms with Gasteiger partial charge in [0.25, 0.3) is 5.91 Å². The van der Waals surface area contributed by atoms with Crippen LogP contribution >= 0.6 is 0 Å². The topological polar surface area (TPSA) is 234 Å². The standard InChI is InChI=1S/C52H84F2N2O14/c1-12-37-43(63)42(62)30(4)56(19-13-15-31(57)21-28(2)44(29(3)45(64)68-37)69-41-26-50(10,66-11)40(61)27-67-41)20-14-18-55-46(65)52(70-47(5,6)7)38(59)24-33-34-23-36(53)35-22-32(58)16-17-48(35,8)51(34,54)39(60)25-49(33,52)9/h16-17,22,28-31,33-34,36-44,57,59-63H,12-15,18-21,23-27H2,1-11H3,(H,55,65)/t28-,29-,30-,31-,33?,34?,36+,37-,38-,39+,40-,41-,42-,43-,44+,48+,49+,50+,51+,52+/m1/s1. The van der Waals surface area contributed by atoms with Crippen molar-refractivity contribution in [2.75, 3.05) is 33.4 Å². The van der Waals surface area contributed by atoms with Crippen LogP contribution in [0, 0.1) is 34.5 Å². The van der Waals surface area contributed by atoms with Gasteiger partial charge in [-0.05, 0) is 136 Å². The molecule has 400 valence electrons. The minimum atomic E-state index is -2.42. The molecule has 1 amide bonds. The van der Waals surface area contributed by atoms with E-state index >= 15 is 8.78 Å². The second kappa shape index (κ2) is 21.4. The van der Waals surface area contributed by atoms with E-state index in [1.165, 1.54) is 26.2 Å². The van der Waals surface area contributed by atoms with Crippen LogP contribution in [-0.2, 0) is 38.1 Å². The largest absolute Gasteiger partial charge is 0.459 e. The number of rotatable bonds is 10. The van der Waals surface area contributed by atoms with Crippen molar-refractivity contribution in [3.05, 3.63) is 23.8 Å². The number of aliphatic hydroxyl groups is 6. The third-order valence-electron chi connectivity index (χ3n) is 17.5. The summed E-state index contributed by atoms with van der Waals surface area (Å²) in [7, 11) is 1.49. The molecule has 2 unspecified atom stereocenters. The Hall–Kier alpha value is -2.49. The number of esters is 1. The van der Waals surface area contributed by atoms with Crippen LogP contribution in [0.2, 0.25) is 0 Å². The van der Waals surface area contributed by atoms with Crippen molar-refractivity contribution in [2.24, 2.45) is 34.5 Å². The molecule has 0 radical (unpaired) electrons. The number of halogens is 2. The van der Waals surface area contributed by atoms with Gasteiger partial charge in [-0.25, -0.2) is 8.78 Å². The molecular weight excluding hydrogens is 915 g/mol. The van der Waals surface area contributed by atoms with Gasteiger partial charge in [-0.2, -0.15) is 0 Å². The number of hydrogen-bond acceptors (Lipinski definition) is 15. The molecule has 16 nitrogen and oxygen atoms in total. The fourth-order valence-corrected chi connectivity index (χ4v) is 13.3. The minimum absolute atomic E-state index is 0.0253. The van der Waals surface area contributed by atoms with Crippen LogP contribution in [0.1, 0.15) is 127 Å². The van der Waals surface area contributed by atoms with Gasteiger partial charge >= 0.3 is 5.97 Å². The maximum absolute atomic E-state index is 18.0. The average Bonchev–Trinajstić information content (AvgIpc) is 3.50. The zero-order valence-corrected chi connectivity index (χ0v) is 43.2. The number of carbonyl (C=O) groups is 3. The van der Waals surface area contributed by atoms with E-state index in [1.54, 1.807) is 55.4 Å². The third kappa shape index (κ3) is 10.3. The molecule has 0 spiro atoms. The Morgan fingerprint density at radius 1 is 0.957 bits per heavy atom. The summed E-state index contributed by atoms with van der Waals surface area (Å²) in [6, 6.07) is -0.692. The SMILES string of the molecule is CC[C@H]1OC(=O)[C@H](C)[C@@H](O[C@@H]2C[C@](C)(OC)[C@H](O)CO2)[C@H](C)C[C@H](O)CCCN(CCCNC(=O)[C@@]2(OC(C)(C)C)[C@H](O)CC3C4C[C@H](F)C5=CC(=O)C=C[C@]5(C)[C@@]4(F)[C@@H](O)C[C@@]32C)[C@H](C)[C@@H](O)[C@@H]1O. The molecule has 0 aromatic rings. The van der Waals surface area contributed by atoms with E-state index in [0.717, 1.165) is 6.08 Å². The highest BCUT2D eigenvalue weighted by Crippen LogP contribution is 2.71. The lowest BCUT2D eigenvalue weighted by atomic mass is 9.44. The summed E-state index contributed by atoms with van der Waals surface area (Å²) in [6.45, 7) is 17.8. The van der Waals surface area contributed by atoms with Crippen LogP contribution in [0.4, 0.5) is 8.78 Å². The molecule has 3 saturated carbocycles. The van der Waals surface area contributed by atoms with Crippen molar-refractivity contribution in [3.8, 4) is 0 Å². The van der Waals surface area contributed by atoms with Gasteiger partial charge in [0.2, 0.25) is 0 Å². The van der Waals surface area contributed by atoms with Crippen molar-refractivity contribution in [1.82, 2.24) is 10.2 Å². The summed E-state index contributed by atoms with van der Waals surface area (Å²) in [6.07, 6.45) is -7.49. The van der Waals surface area contributed by atoms with Gasteiger partial charge in [0, 0.05) is 49.4 Å². The molecule has 0 bridgehead atoms. The molecule has 0 aromatic carbocycles. The number of carbonyl (C=O) groups excluding carboxylic acids is 3. The van der Waals surface area contributed by atoms with E-state index in [1.807, 2.05) is 11.8 Å². The minimum Gasteiger partial charge on any atom is -0.459 e. The van der Waals surface area contributed by atoms with Crippen LogP contribution < -0.4 is 5.32 Å². The highest BCUT2D eigenvalue weighted by molar-refractivity contribution is 6.01. The second-order valence-corrected chi connectivity index (χ2v) is 23.2. The summed E-state index contributed by atoms with van der Waals surface area (Å²) >= 11 is 0. The Balaban J connectivity index is 1.18. The van der Waals surface area contributed by atoms with Crippen LogP contribution in [0.5, 0.6) is 0 Å². The Morgan fingerprint density at radius 2 is 1.64 bits per heavy atom.